The second kappa shape index (κ2) is 7.30. The molecule has 0 atom stereocenters. The second-order valence-electron chi connectivity index (χ2n) is 4.43. The average molecular weight is 353 g/mol. The van der Waals surface area contributed by atoms with Gasteiger partial charge in [0.2, 0.25) is 0 Å². The van der Waals surface area contributed by atoms with E-state index in [1.54, 1.807) is 29.7 Å². The molecule has 2 rings (SSSR count). The Morgan fingerprint density at radius 1 is 1.30 bits per heavy atom. The summed E-state index contributed by atoms with van der Waals surface area (Å²) in [7, 11) is -3.92. The molecule has 0 unspecified atom stereocenters. The first-order valence-electron chi connectivity index (χ1n) is 6.57. The van der Waals surface area contributed by atoms with Crippen molar-refractivity contribution in [1.82, 2.24) is 0 Å². The van der Waals surface area contributed by atoms with Crippen LogP contribution in [0.2, 0.25) is 0 Å². The predicted molar refractivity (Wildman–Crippen MR) is 88.6 cm³/mol. The number of hydrogen-bond acceptors (Lipinski definition) is 5. The van der Waals surface area contributed by atoms with Crippen molar-refractivity contribution in [2.45, 2.75) is 4.21 Å². The number of nitrogens with zero attached hydrogens (tertiary/aromatic N) is 1. The minimum absolute atomic E-state index is 0.0886. The van der Waals surface area contributed by atoms with Gasteiger partial charge in [0.25, 0.3) is 10.0 Å². The van der Waals surface area contributed by atoms with Gasteiger partial charge in [-0.25, -0.2) is 8.42 Å². The fourth-order valence-electron chi connectivity index (χ4n) is 1.82. The van der Waals surface area contributed by atoms with E-state index in [4.69, 9.17) is 9.84 Å². The van der Waals surface area contributed by atoms with E-state index in [2.05, 4.69) is 6.58 Å². The normalized spacial score (nSPS) is 11.0. The van der Waals surface area contributed by atoms with Gasteiger partial charge in [0.05, 0.1) is 5.69 Å². The number of hydrogen-bond donors (Lipinski definition) is 1. The fraction of sp³-hybridized carbons (Fsp3) is 0.133. The van der Waals surface area contributed by atoms with Crippen molar-refractivity contribution in [2.75, 3.05) is 17.5 Å². The second-order valence-corrected chi connectivity index (χ2v) is 7.47. The molecule has 23 heavy (non-hydrogen) atoms. The Bertz CT molecular complexity index is 767. The first-order valence-corrected chi connectivity index (χ1v) is 8.89. The molecule has 0 bridgehead atoms. The summed E-state index contributed by atoms with van der Waals surface area (Å²) < 4.78 is 31.5. The zero-order valence-electron chi connectivity index (χ0n) is 12.1. The zero-order chi connectivity index (χ0) is 16.9. The summed E-state index contributed by atoms with van der Waals surface area (Å²) in [6, 6.07) is 9.22. The van der Waals surface area contributed by atoms with Gasteiger partial charge in [-0.3, -0.25) is 9.10 Å². The molecule has 1 N–H and O–H groups in total. The number of anilines is 1. The Hall–Kier alpha value is -2.32. The number of carboxylic acid groups (broad SMARTS) is 1. The largest absolute Gasteiger partial charge is 0.490 e. The maximum absolute atomic E-state index is 12.6. The van der Waals surface area contributed by atoms with Crippen LogP contribution in [0.5, 0.6) is 5.75 Å². The van der Waals surface area contributed by atoms with E-state index in [9.17, 15) is 13.2 Å². The van der Waals surface area contributed by atoms with Crippen LogP contribution >= 0.6 is 11.3 Å². The summed E-state index contributed by atoms with van der Waals surface area (Å²) in [4.78, 5) is 11.1. The van der Waals surface area contributed by atoms with Crippen molar-refractivity contribution in [2.24, 2.45) is 0 Å². The molecule has 0 fully saturated rings. The molecule has 8 heteroatoms. The number of aliphatic carboxylic acids is 1. The molecule has 0 aliphatic carbocycles. The summed E-state index contributed by atoms with van der Waals surface area (Å²) in [5.74, 6) is -0.699. The molecule has 1 aromatic heterocycles. The summed E-state index contributed by atoms with van der Waals surface area (Å²) in [5, 5.41) is 10.7. The Morgan fingerprint density at radius 2 is 2.00 bits per heavy atom. The first-order chi connectivity index (χ1) is 10.9. The maximum atomic E-state index is 12.6. The van der Waals surface area contributed by atoms with Crippen molar-refractivity contribution in [3.63, 3.8) is 0 Å². The Kier molecular flexibility index (Phi) is 5.41. The average Bonchev–Trinajstić information content (AvgIpc) is 3.06. The van der Waals surface area contributed by atoms with Gasteiger partial charge in [0.1, 0.15) is 23.1 Å². The molecule has 1 heterocycles. The lowest BCUT2D eigenvalue weighted by Crippen LogP contribution is -2.35. The van der Waals surface area contributed by atoms with Gasteiger partial charge in [-0.05, 0) is 35.7 Å². The highest BCUT2D eigenvalue weighted by molar-refractivity contribution is 7.94. The van der Waals surface area contributed by atoms with Gasteiger partial charge in [0, 0.05) is 0 Å². The fourth-order valence-corrected chi connectivity index (χ4v) is 4.34. The van der Waals surface area contributed by atoms with Gasteiger partial charge in [-0.2, -0.15) is 0 Å². The molecule has 0 spiro atoms. The molecule has 0 saturated heterocycles. The first kappa shape index (κ1) is 17.0. The monoisotopic (exact) mass is 353 g/mol. The predicted octanol–water partition coefficient (Wildman–Crippen LogP) is 2.59. The Labute approximate surface area is 138 Å². The van der Waals surface area contributed by atoms with E-state index >= 15 is 0 Å². The van der Waals surface area contributed by atoms with Crippen LogP contribution in [0.3, 0.4) is 0 Å². The van der Waals surface area contributed by atoms with E-state index in [0.29, 0.717) is 12.4 Å². The smallest absolute Gasteiger partial charge is 0.324 e. The SMILES string of the molecule is C=CCOc1ccc(N(CC(=O)O)S(=O)(=O)c2cccs2)cc1. The van der Waals surface area contributed by atoms with Crippen LogP contribution in [-0.2, 0) is 14.8 Å². The third-order valence-electron chi connectivity index (χ3n) is 2.81. The molecule has 1 aromatic carbocycles. The van der Waals surface area contributed by atoms with E-state index in [1.165, 1.54) is 18.2 Å². The molecule has 0 aliphatic rings. The van der Waals surface area contributed by atoms with Gasteiger partial charge in [-0.1, -0.05) is 18.7 Å². The molecular weight excluding hydrogens is 338 g/mol. The van der Waals surface area contributed by atoms with Crippen molar-refractivity contribution < 1.29 is 23.1 Å². The highest BCUT2D eigenvalue weighted by atomic mass is 32.2. The number of carbonyl (C=O) groups is 1. The topological polar surface area (TPSA) is 83.9 Å². The molecule has 0 aliphatic heterocycles. The molecular formula is C15H15NO5S2. The summed E-state index contributed by atoms with van der Waals surface area (Å²) in [6.07, 6.45) is 1.59. The maximum Gasteiger partial charge on any atom is 0.324 e. The molecule has 122 valence electrons. The summed E-state index contributed by atoms with van der Waals surface area (Å²) >= 11 is 1.04. The van der Waals surface area contributed by atoms with Gasteiger partial charge < -0.3 is 9.84 Å². The van der Waals surface area contributed by atoms with Crippen LogP contribution in [0, 0.1) is 0 Å². The number of carboxylic acids is 1. The lowest BCUT2D eigenvalue weighted by Gasteiger charge is -2.22. The van der Waals surface area contributed by atoms with E-state index < -0.39 is 22.5 Å². The van der Waals surface area contributed by atoms with Crippen LogP contribution < -0.4 is 9.04 Å². The number of thiophene rings is 1. The van der Waals surface area contributed by atoms with Crippen LogP contribution in [0.25, 0.3) is 0 Å². The van der Waals surface area contributed by atoms with Crippen LogP contribution in [0.4, 0.5) is 5.69 Å². The molecule has 6 nitrogen and oxygen atoms in total. The number of sulfonamides is 1. The Morgan fingerprint density at radius 3 is 2.52 bits per heavy atom. The quantitative estimate of drug-likeness (QED) is 0.738. The summed E-state index contributed by atoms with van der Waals surface area (Å²) in [6.45, 7) is 3.20. The standard InChI is InChI=1S/C15H15NO5S2/c1-2-9-21-13-7-5-12(6-8-13)16(11-14(17)18)23(19,20)15-4-3-10-22-15/h2-8,10H,1,9,11H2,(H,17,18). The molecule has 2 aromatic rings. The molecule has 0 amide bonds. The van der Waals surface area contributed by atoms with E-state index in [1.807, 2.05) is 0 Å². The minimum Gasteiger partial charge on any atom is -0.490 e. The van der Waals surface area contributed by atoms with Crippen molar-refractivity contribution in [1.29, 1.82) is 0 Å². The van der Waals surface area contributed by atoms with Crippen molar-refractivity contribution in [3.8, 4) is 5.75 Å². The molecule has 0 saturated carbocycles. The number of benzene rings is 1. The van der Waals surface area contributed by atoms with Gasteiger partial charge >= 0.3 is 5.97 Å². The van der Waals surface area contributed by atoms with Crippen LogP contribution in [0.1, 0.15) is 0 Å². The molecule has 0 radical (unpaired) electrons. The van der Waals surface area contributed by atoms with E-state index in [0.717, 1.165) is 15.6 Å². The Balaban J connectivity index is 2.35. The third kappa shape index (κ3) is 4.11. The lowest BCUT2D eigenvalue weighted by atomic mass is 10.3. The van der Waals surface area contributed by atoms with Gasteiger partial charge in [0.15, 0.2) is 0 Å². The van der Waals surface area contributed by atoms with Gasteiger partial charge in [-0.15, -0.1) is 11.3 Å². The van der Waals surface area contributed by atoms with Crippen molar-refractivity contribution >= 4 is 33.0 Å². The lowest BCUT2D eigenvalue weighted by molar-refractivity contribution is -0.135. The van der Waals surface area contributed by atoms with Crippen molar-refractivity contribution in [3.05, 3.63) is 54.4 Å². The van der Waals surface area contributed by atoms with Crippen LogP contribution in [-0.4, -0.2) is 32.6 Å². The zero-order valence-corrected chi connectivity index (χ0v) is 13.7. The number of ether oxygens (including phenoxy) is 1. The van der Waals surface area contributed by atoms with E-state index in [-0.39, 0.29) is 9.90 Å². The minimum atomic E-state index is -3.92. The highest BCUT2D eigenvalue weighted by Gasteiger charge is 2.27. The summed E-state index contributed by atoms with van der Waals surface area (Å²) in [5.41, 5.74) is 0.256. The third-order valence-corrected chi connectivity index (χ3v) is 5.96. The number of rotatable bonds is 8. The van der Waals surface area contributed by atoms with Crippen LogP contribution in [0.15, 0.2) is 58.6 Å². The highest BCUT2D eigenvalue weighted by Crippen LogP contribution is 2.27.